The fraction of sp³-hybridized carbons (Fsp3) is 0.750. The van der Waals surface area contributed by atoms with Crippen molar-refractivity contribution < 1.29 is 0 Å². The van der Waals surface area contributed by atoms with Crippen molar-refractivity contribution in [2.75, 3.05) is 0 Å². The van der Waals surface area contributed by atoms with E-state index in [2.05, 4.69) is 51.1 Å². The second-order valence-electron chi connectivity index (χ2n) is 9.73. The molecule has 0 aromatic heterocycles. The van der Waals surface area contributed by atoms with Gasteiger partial charge in [0.1, 0.15) is 0 Å². The molecule has 2 unspecified atom stereocenters. The molecule has 1 aromatic carbocycles. The maximum atomic E-state index is 9.56. The average Bonchev–Trinajstić information content (AvgIpc) is 2.77. The summed E-state index contributed by atoms with van der Waals surface area (Å²) in [4.78, 5) is 0. The molecular formula is C28H45N. The Labute approximate surface area is 181 Å². The molecule has 1 aliphatic rings. The van der Waals surface area contributed by atoms with Gasteiger partial charge in [-0.1, -0.05) is 103 Å². The third-order valence-electron chi connectivity index (χ3n) is 7.36. The lowest BCUT2D eigenvalue weighted by Crippen LogP contribution is -2.13. The van der Waals surface area contributed by atoms with Crippen LogP contribution >= 0.6 is 0 Å². The van der Waals surface area contributed by atoms with Crippen molar-refractivity contribution >= 4 is 0 Å². The van der Waals surface area contributed by atoms with Crippen molar-refractivity contribution in [3.8, 4) is 6.07 Å². The number of hydrogen-bond acceptors (Lipinski definition) is 1. The summed E-state index contributed by atoms with van der Waals surface area (Å²) in [5, 5.41) is 9.56. The molecule has 0 amide bonds. The van der Waals surface area contributed by atoms with Crippen LogP contribution in [0.15, 0.2) is 24.3 Å². The van der Waals surface area contributed by atoms with Gasteiger partial charge in [0.2, 0.25) is 0 Å². The summed E-state index contributed by atoms with van der Waals surface area (Å²) >= 11 is 0. The number of rotatable bonds is 13. The minimum atomic E-state index is 0.0525. The third kappa shape index (κ3) is 8.54. The molecule has 0 spiro atoms. The number of benzene rings is 1. The number of nitrogens with zero attached hydrogens (tertiary/aromatic N) is 1. The Balaban J connectivity index is 1.70. The van der Waals surface area contributed by atoms with E-state index in [0.717, 1.165) is 24.7 Å². The second-order valence-corrected chi connectivity index (χ2v) is 9.73. The lowest BCUT2D eigenvalue weighted by Gasteiger charge is -2.29. The Kier molecular flexibility index (Phi) is 11.5. The predicted molar refractivity (Wildman–Crippen MR) is 126 cm³/mol. The number of nitriles is 1. The molecule has 0 saturated heterocycles. The average molecular weight is 396 g/mol. The van der Waals surface area contributed by atoms with Gasteiger partial charge in [0, 0.05) is 0 Å². The SMILES string of the molecule is CCCCCCCCCC1CCC(c2ccc(C(C#N)CC(C)CC)cc2)CC1. The summed E-state index contributed by atoms with van der Waals surface area (Å²) in [7, 11) is 0. The van der Waals surface area contributed by atoms with Gasteiger partial charge in [-0.3, -0.25) is 0 Å². The lowest BCUT2D eigenvalue weighted by atomic mass is 9.76. The van der Waals surface area contributed by atoms with Crippen molar-refractivity contribution in [3.05, 3.63) is 35.4 Å². The molecule has 162 valence electrons. The predicted octanol–water partition coefficient (Wildman–Crippen LogP) is 9.14. The van der Waals surface area contributed by atoms with Gasteiger partial charge in [-0.15, -0.1) is 0 Å². The van der Waals surface area contributed by atoms with Crippen LogP contribution in [0.25, 0.3) is 0 Å². The van der Waals surface area contributed by atoms with Gasteiger partial charge in [0.15, 0.2) is 0 Å². The van der Waals surface area contributed by atoms with Crippen molar-refractivity contribution in [1.29, 1.82) is 5.26 Å². The summed E-state index contributed by atoms with van der Waals surface area (Å²) in [5.41, 5.74) is 2.72. The van der Waals surface area contributed by atoms with Gasteiger partial charge in [0.25, 0.3) is 0 Å². The van der Waals surface area contributed by atoms with Gasteiger partial charge in [-0.25, -0.2) is 0 Å². The molecule has 2 atom stereocenters. The molecule has 1 aromatic rings. The first kappa shape index (κ1) is 24.0. The largest absolute Gasteiger partial charge is 0.198 e. The van der Waals surface area contributed by atoms with Crippen LogP contribution in [0.3, 0.4) is 0 Å². The fourth-order valence-electron chi connectivity index (χ4n) is 5.01. The Morgan fingerprint density at radius 2 is 1.52 bits per heavy atom. The Morgan fingerprint density at radius 1 is 0.897 bits per heavy atom. The highest BCUT2D eigenvalue weighted by Crippen LogP contribution is 2.38. The van der Waals surface area contributed by atoms with Crippen LogP contribution in [0, 0.1) is 23.2 Å². The first-order valence-electron chi connectivity index (χ1n) is 12.7. The summed E-state index contributed by atoms with van der Waals surface area (Å²) in [6.07, 6.45) is 19.1. The summed E-state index contributed by atoms with van der Waals surface area (Å²) in [6.45, 7) is 6.76. The fourth-order valence-corrected chi connectivity index (χ4v) is 5.01. The smallest absolute Gasteiger partial charge is 0.0715 e. The number of hydrogen-bond donors (Lipinski definition) is 0. The molecule has 1 saturated carbocycles. The van der Waals surface area contributed by atoms with Crippen LogP contribution in [0.1, 0.15) is 134 Å². The molecule has 1 nitrogen and oxygen atoms in total. The van der Waals surface area contributed by atoms with Gasteiger partial charge < -0.3 is 0 Å². The second kappa shape index (κ2) is 13.8. The van der Waals surface area contributed by atoms with Gasteiger partial charge in [-0.05, 0) is 61.0 Å². The first-order valence-corrected chi connectivity index (χ1v) is 12.7. The van der Waals surface area contributed by atoms with E-state index in [1.165, 1.54) is 88.2 Å². The maximum absolute atomic E-state index is 9.56. The molecule has 2 rings (SSSR count). The van der Waals surface area contributed by atoms with Crippen molar-refractivity contribution in [3.63, 3.8) is 0 Å². The van der Waals surface area contributed by atoms with Crippen molar-refractivity contribution in [2.24, 2.45) is 11.8 Å². The lowest BCUT2D eigenvalue weighted by molar-refractivity contribution is 0.301. The van der Waals surface area contributed by atoms with Gasteiger partial charge >= 0.3 is 0 Å². The summed E-state index contributed by atoms with van der Waals surface area (Å²) in [5.74, 6) is 2.38. The molecule has 1 heteroatoms. The molecule has 0 radical (unpaired) electrons. The molecule has 0 bridgehead atoms. The van der Waals surface area contributed by atoms with Crippen LogP contribution in [0.4, 0.5) is 0 Å². The molecule has 0 N–H and O–H groups in total. The van der Waals surface area contributed by atoms with Crippen LogP contribution in [0.2, 0.25) is 0 Å². The van der Waals surface area contributed by atoms with E-state index in [-0.39, 0.29) is 5.92 Å². The van der Waals surface area contributed by atoms with E-state index < -0.39 is 0 Å². The normalized spacial score (nSPS) is 21.4. The van der Waals surface area contributed by atoms with Crippen molar-refractivity contribution in [1.82, 2.24) is 0 Å². The Morgan fingerprint density at radius 3 is 2.10 bits per heavy atom. The van der Waals surface area contributed by atoms with E-state index in [1.54, 1.807) is 0 Å². The van der Waals surface area contributed by atoms with E-state index in [0.29, 0.717) is 5.92 Å². The quantitative estimate of drug-likeness (QED) is 0.305. The molecular weight excluding hydrogens is 350 g/mol. The van der Waals surface area contributed by atoms with Crippen molar-refractivity contribution in [2.45, 2.75) is 122 Å². The third-order valence-corrected chi connectivity index (χ3v) is 7.36. The van der Waals surface area contributed by atoms with Gasteiger partial charge in [-0.2, -0.15) is 5.26 Å². The zero-order valence-electron chi connectivity index (χ0n) is 19.5. The minimum absolute atomic E-state index is 0.0525. The van der Waals surface area contributed by atoms with Crippen LogP contribution in [-0.2, 0) is 0 Å². The summed E-state index contributed by atoms with van der Waals surface area (Å²) in [6, 6.07) is 11.6. The maximum Gasteiger partial charge on any atom is 0.0715 e. The van der Waals surface area contributed by atoms with Crippen LogP contribution < -0.4 is 0 Å². The highest BCUT2D eigenvalue weighted by Gasteiger charge is 2.22. The molecule has 1 fully saturated rings. The summed E-state index contributed by atoms with van der Waals surface area (Å²) < 4.78 is 0. The zero-order valence-corrected chi connectivity index (χ0v) is 19.5. The zero-order chi connectivity index (χ0) is 20.9. The molecule has 0 aliphatic heterocycles. The van der Waals surface area contributed by atoms with E-state index in [1.807, 2.05) is 0 Å². The van der Waals surface area contributed by atoms with E-state index in [9.17, 15) is 5.26 Å². The first-order chi connectivity index (χ1) is 14.2. The standard InChI is InChI=1S/C28H45N/c1-4-6-7-8-9-10-11-12-24-13-15-25(16-14-24)26-17-19-27(20-18-26)28(22-29)21-23(3)5-2/h17-20,23-25,28H,4-16,21H2,1-3H3. The van der Waals surface area contributed by atoms with Gasteiger partial charge in [0.05, 0.1) is 12.0 Å². The molecule has 0 heterocycles. The Bertz CT molecular complexity index is 573. The Hall–Kier alpha value is -1.29. The topological polar surface area (TPSA) is 23.8 Å². The number of unbranched alkanes of at least 4 members (excludes halogenated alkanes) is 6. The highest BCUT2D eigenvalue weighted by molar-refractivity contribution is 5.30. The van der Waals surface area contributed by atoms with Crippen LogP contribution in [-0.4, -0.2) is 0 Å². The van der Waals surface area contributed by atoms with E-state index in [4.69, 9.17) is 0 Å². The minimum Gasteiger partial charge on any atom is -0.198 e. The molecule has 29 heavy (non-hydrogen) atoms. The van der Waals surface area contributed by atoms with E-state index >= 15 is 0 Å². The highest BCUT2D eigenvalue weighted by atomic mass is 14.3. The monoisotopic (exact) mass is 395 g/mol. The molecule has 1 aliphatic carbocycles. The van der Waals surface area contributed by atoms with Crippen LogP contribution in [0.5, 0.6) is 0 Å².